The summed E-state index contributed by atoms with van der Waals surface area (Å²) in [6.07, 6.45) is 0. The molecule has 0 aromatic heterocycles. The number of halogens is 6. The minimum Gasteiger partial charge on any atom is -0.456 e. The van der Waals surface area contributed by atoms with Crippen molar-refractivity contribution in [2.75, 3.05) is 34.3 Å². The summed E-state index contributed by atoms with van der Waals surface area (Å²) in [5.74, 6) is -0.302. The van der Waals surface area contributed by atoms with Crippen molar-refractivity contribution in [1.82, 2.24) is 0 Å². The molecule has 0 spiro atoms. The highest BCUT2D eigenvalue weighted by molar-refractivity contribution is 8.13. The molecular formula is C11H18F6N2O6S2. The predicted molar refractivity (Wildman–Crippen MR) is 82.0 cm³/mol. The Labute approximate surface area is 152 Å². The van der Waals surface area contributed by atoms with Gasteiger partial charge in [-0.05, 0) is 6.92 Å². The fourth-order valence-electron chi connectivity index (χ4n) is 0.749. The molecule has 0 saturated heterocycles. The Morgan fingerprint density at radius 3 is 1.52 bits per heavy atom. The molecule has 0 atom stereocenters. The molecule has 8 nitrogen and oxygen atoms in total. The number of likely N-dealkylation sites (N-methyl/N-ethyl adjacent to an activating group) is 1. The van der Waals surface area contributed by atoms with Crippen LogP contribution in [0.25, 0.3) is 4.13 Å². The van der Waals surface area contributed by atoms with Crippen molar-refractivity contribution >= 4 is 26.0 Å². The van der Waals surface area contributed by atoms with Gasteiger partial charge in [0.05, 0.1) is 21.1 Å². The van der Waals surface area contributed by atoms with E-state index in [1.165, 1.54) is 0 Å². The van der Waals surface area contributed by atoms with E-state index in [0.717, 1.165) is 15.2 Å². The third-order valence-electron chi connectivity index (χ3n) is 2.12. The summed E-state index contributed by atoms with van der Waals surface area (Å²) in [5, 5.41) is 0. The van der Waals surface area contributed by atoms with Gasteiger partial charge in [-0.15, -0.1) is 0 Å². The molecule has 0 aliphatic rings. The predicted octanol–water partition coefficient (Wildman–Crippen LogP) is 1.87. The van der Waals surface area contributed by atoms with Crippen molar-refractivity contribution < 1.29 is 57.2 Å². The van der Waals surface area contributed by atoms with Crippen LogP contribution in [0, 0.1) is 0 Å². The normalized spacial score (nSPS) is 13.4. The van der Waals surface area contributed by atoms with Gasteiger partial charge < -0.3 is 13.3 Å². The standard InChI is InChI=1S/C9H18NO2.C2F6NO4S2/c1-8(2)9(11)12-7-6-10(3,4)5;3-1(4,5)14(10,11)9-15(12,13)2(6,7)8/h1,6-7H2,2-5H3;/q+1;-1. The SMILES string of the molecule is C=C(C)C(=O)OCC[N+](C)(C)C.O=S(=O)([N-]S(=O)(=O)C(F)(F)F)C(F)(F)F. The van der Waals surface area contributed by atoms with Gasteiger partial charge in [0.15, 0.2) is 20.0 Å². The minimum absolute atomic E-state index is 0.302. The Hall–Kier alpha value is -1.39. The van der Waals surface area contributed by atoms with Gasteiger partial charge >= 0.3 is 17.0 Å². The summed E-state index contributed by atoms with van der Waals surface area (Å²) in [5.41, 5.74) is -12.0. The van der Waals surface area contributed by atoms with Crippen molar-refractivity contribution in [3.8, 4) is 0 Å². The van der Waals surface area contributed by atoms with Crippen LogP contribution >= 0.6 is 0 Å². The van der Waals surface area contributed by atoms with E-state index in [4.69, 9.17) is 4.74 Å². The number of sulfonamides is 2. The van der Waals surface area contributed by atoms with Crippen LogP contribution in [-0.4, -0.2) is 72.6 Å². The molecule has 0 aromatic rings. The number of quaternary nitrogens is 1. The highest BCUT2D eigenvalue weighted by Gasteiger charge is 2.46. The molecule has 27 heavy (non-hydrogen) atoms. The van der Waals surface area contributed by atoms with E-state index >= 15 is 0 Å². The van der Waals surface area contributed by atoms with Gasteiger partial charge in [-0.1, -0.05) is 6.58 Å². The second-order valence-corrected chi connectivity index (χ2v) is 9.27. The van der Waals surface area contributed by atoms with Crippen LogP contribution in [0.2, 0.25) is 0 Å². The molecule has 0 amide bonds. The highest BCUT2D eigenvalue weighted by atomic mass is 32.3. The molecule has 0 radical (unpaired) electrons. The zero-order valence-electron chi connectivity index (χ0n) is 14.5. The van der Waals surface area contributed by atoms with Crippen molar-refractivity contribution in [3.05, 3.63) is 16.3 Å². The summed E-state index contributed by atoms with van der Waals surface area (Å²) in [4.78, 5) is 10.9. The van der Waals surface area contributed by atoms with E-state index in [1.54, 1.807) is 6.92 Å². The molecule has 0 fully saturated rings. The molecule has 0 saturated carbocycles. The number of ether oxygens (including phenoxy) is 1. The van der Waals surface area contributed by atoms with Gasteiger partial charge in [-0.3, -0.25) is 0 Å². The van der Waals surface area contributed by atoms with Gasteiger partial charge in [-0.25, -0.2) is 21.6 Å². The van der Waals surface area contributed by atoms with Crippen LogP contribution in [0.4, 0.5) is 26.3 Å². The van der Waals surface area contributed by atoms with E-state index in [2.05, 4.69) is 27.7 Å². The number of carbonyl (C=O) groups is 1. The molecule has 0 aliphatic heterocycles. The maximum absolute atomic E-state index is 11.4. The zero-order valence-corrected chi connectivity index (χ0v) is 16.2. The lowest BCUT2D eigenvalue weighted by molar-refractivity contribution is -0.870. The first-order chi connectivity index (χ1) is 11.5. The summed E-state index contributed by atoms with van der Waals surface area (Å²) < 4.78 is 115. The quantitative estimate of drug-likeness (QED) is 0.264. The lowest BCUT2D eigenvalue weighted by Gasteiger charge is -2.23. The monoisotopic (exact) mass is 452 g/mol. The van der Waals surface area contributed by atoms with Crippen LogP contribution in [-0.2, 0) is 29.6 Å². The first-order valence-electron chi connectivity index (χ1n) is 6.53. The smallest absolute Gasteiger partial charge is 0.456 e. The lowest BCUT2D eigenvalue weighted by Crippen LogP contribution is -2.38. The van der Waals surface area contributed by atoms with Crippen molar-refractivity contribution in [2.24, 2.45) is 0 Å². The minimum atomic E-state index is -6.72. The molecule has 0 rings (SSSR count). The summed E-state index contributed by atoms with van der Waals surface area (Å²) >= 11 is 0. The maximum Gasteiger partial charge on any atom is 0.480 e. The molecular weight excluding hydrogens is 434 g/mol. The van der Waals surface area contributed by atoms with E-state index in [0.29, 0.717) is 12.2 Å². The Bertz CT molecular complexity index is 693. The van der Waals surface area contributed by atoms with Crippen molar-refractivity contribution in [1.29, 1.82) is 0 Å². The number of esters is 1. The average Bonchev–Trinajstić information content (AvgIpc) is 2.33. The molecule has 16 heteroatoms. The molecule has 0 unspecified atom stereocenters. The van der Waals surface area contributed by atoms with Gasteiger partial charge in [-0.2, -0.15) is 26.3 Å². The lowest BCUT2D eigenvalue weighted by atomic mass is 10.4. The third kappa shape index (κ3) is 11.1. The van der Waals surface area contributed by atoms with E-state index in [9.17, 15) is 48.0 Å². The Morgan fingerprint density at radius 1 is 0.963 bits per heavy atom. The van der Waals surface area contributed by atoms with Gasteiger partial charge in [0.1, 0.15) is 13.2 Å². The zero-order chi connectivity index (χ0) is 22.5. The molecule has 0 bridgehead atoms. The van der Waals surface area contributed by atoms with Gasteiger partial charge in [0.25, 0.3) is 0 Å². The second kappa shape index (κ2) is 9.20. The second-order valence-electron chi connectivity index (χ2n) is 5.85. The van der Waals surface area contributed by atoms with Gasteiger partial charge in [0.2, 0.25) is 0 Å². The number of nitrogens with zero attached hydrogens (tertiary/aromatic N) is 2. The highest BCUT2D eigenvalue weighted by Crippen LogP contribution is 2.36. The Kier molecular flexibility index (Phi) is 9.48. The number of rotatable bonds is 6. The van der Waals surface area contributed by atoms with Crippen molar-refractivity contribution in [3.63, 3.8) is 0 Å². The van der Waals surface area contributed by atoms with Crippen LogP contribution in [0.3, 0.4) is 0 Å². The van der Waals surface area contributed by atoms with E-state index in [-0.39, 0.29) is 5.97 Å². The summed E-state index contributed by atoms with van der Waals surface area (Å²) in [7, 11) is -7.29. The molecule has 0 aromatic carbocycles. The molecule has 162 valence electrons. The molecule has 0 heterocycles. The van der Waals surface area contributed by atoms with Crippen LogP contribution in [0.5, 0.6) is 0 Å². The first kappa shape index (κ1) is 27.8. The fourth-order valence-corrected chi connectivity index (χ4v) is 2.46. The maximum atomic E-state index is 11.4. The van der Waals surface area contributed by atoms with Gasteiger partial charge in [0, 0.05) is 5.57 Å². The van der Waals surface area contributed by atoms with Crippen molar-refractivity contribution in [2.45, 2.75) is 17.9 Å². The largest absolute Gasteiger partial charge is 0.480 e. The molecule has 0 aliphatic carbocycles. The van der Waals surface area contributed by atoms with Crippen LogP contribution < -0.4 is 0 Å². The number of hydrogen-bond donors (Lipinski definition) is 0. The topological polar surface area (TPSA) is 109 Å². The Morgan fingerprint density at radius 2 is 1.30 bits per heavy atom. The van der Waals surface area contributed by atoms with Crippen LogP contribution in [0.1, 0.15) is 6.92 Å². The average molecular weight is 452 g/mol. The molecule has 0 N–H and O–H groups in total. The first-order valence-corrected chi connectivity index (χ1v) is 9.41. The number of alkyl halides is 6. The summed E-state index contributed by atoms with van der Waals surface area (Å²) in [6, 6.07) is 0. The Balaban J connectivity index is 0. The third-order valence-corrected chi connectivity index (χ3v) is 4.86. The van der Waals surface area contributed by atoms with E-state index in [1.807, 2.05) is 0 Å². The number of hydrogen-bond acceptors (Lipinski definition) is 6. The summed E-state index contributed by atoms with van der Waals surface area (Å²) in [6.45, 7) is 6.41. The van der Waals surface area contributed by atoms with E-state index < -0.39 is 31.1 Å². The van der Waals surface area contributed by atoms with Crippen LogP contribution in [0.15, 0.2) is 12.2 Å². The number of carbonyl (C=O) groups excluding carboxylic acids is 1. The fraction of sp³-hybridized carbons (Fsp3) is 0.727.